The van der Waals surface area contributed by atoms with Crippen molar-refractivity contribution in [1.82, 2.24) is 0 Å². The number of benzene rings is 2. The predicted octanol–water partition coefficient (Wildman–Crippen LogP) is 5.06. The van der Waals surface area contributed by atoms with E-state index in [1.165, 1.54) is 6.07 Å². The monoisotopic (exact) mass is 367 g/mol. The van der Waals surface area contributed by atoms with Crippen molar-refractivity contribution in [2.45, 2.75) is 12.7 Å². The zero-order valence-corrected chi connectivity index (χ0v) is 11.9. The normalized spacial score (nSPS) is 11.9. The second-order valence-corrected chi connectivity index (χ2v) is 4.56. The Morgan fingerprint density at radius 2 is 1.40 bits per heavy atom. The van der Waals surface area contributed by atoms with Gasteiger partial charge in [0.2, 0.25) is 0 Å². The van der Waals surface area contributed by atoms with Gasteiger partial charge in [0.05, 0.1) is 10.5 Å². The molecule has 0 amide bonds. The minimum Gasteiger partial charge on any atom is -0.406 e. The number of hydrogen-bond acceptors (Lipinski definition) is 4. The lowest BCUT2D eigenvalue weighted by molar-refractivity contribution is -0.384. The highest BCUT2D eigenvalue weighted by molar-refractivity contribution is 5.75. The van der Waals surface area contributed by atoms with Crippen molar-refractivity contribution in [2.75, 3.05) is 0 Å². The van der Waals surface area contributed by atoms with Crippen molar-refractivity contribution in [3.05, 3.63) is 52.6 Å². The third-order valence-corrected chi connectivity index (χ3v) is 2.78. The number of alkyl halides is 6. The zero-order valence-electron chi connectivity index (χ0n) is 11.9. The van der Waals surface area contributed by atoms with Crippen LogP contribution in [-0.4, -0.2) is 17.6 Å². The van der Waals surface area contributed by atoms with E-state index in [2.05, 4.69) is 9.47 Å². The summed E-state index contributed by atoms with van der Waals surface area (Å²) in [6.07, 6.45) is -10.0. The minimum absolute atomic E-state index is 0.152. The second kappa shape index (κ2) is 6.49. The van der Waals surface area contributed by atoms with Gasteiger partial charge in [-0.25, -0.2) is 0 Å². The second-order valence-electron chi connectivity index (χ2n) is 4.56. The Hall–Kier alpha value is -2.98. The van der Waals surface area contributed by atoms with Crippen LogP contribution < -0.4 is 9.47 Å². The molecule has 0 N–H and O–H groups in total. The van der Waals surface area contributed by atoms with Crippen LogP contribution in [0.25, 0.3) is 11.1 Å². The van der Waals surface area contributed by atoms with Crippen LogP contribution in [0.1, 0.15) is 0 Å². The molecule has 0 unspecified atom stereocenters. The molecule has 0 saturated carbocycles. The molecule has 134 valence electrons. The highest BCUT2D eigenvalue weighted by Crippen LogP contribution is 2.37. The standard InChI is InChI=1S/C14H7F6NO4/c15-13(16,17)24-9-3-1-2-8(6-9)11-7-10(25-14(18,19)20)4-5-12(11)21(22)23/h1-7H. The van der Waals surface area contributed by atoms with E-state index < -0.39 is 34.8 Å². The zero-order chi connectivity index (χ0) is 18.8. The van der Waals surface area contributed by atoms with Gasteiger partial charge in [0.15, 0.2) is 0 Å². The average Bonchev–Trinajstić information content (AvgIpc) is 2.43. The molecule has 2 rings (SSSR count). The third-order valence-electron chi connectivity index (χ3n) is 2.78. The van der Waals surface area contributed by atoms with Crippen molar-refractivity contribution >= 4 is 5.69 Å². The number of nitro benzene ring substituents is 1. The first-order valence-electron chi connectivity index (χ1n) is 6.35. The summed E-state index contributed by atoms with van der Waals surface area (Å²) in [6, 6.07) is 6.24. The lowest BCUT2D eigenvalue weighted by atomic mass is 10.0. The Morgan fingerprint density at radius 1 is 0.840 bits per heavy atom. The molecule has 0 aliphatic heterocycles. The van der Waals surface area contributed by atoms with Gasteiger partial charge in [-0.3, -0.25) is 10.1 Å². The Balaban J connectivity index is 2.50. The van der Waals surface area contributed by atoms with Crippen molar-refractivity contribution in [3.8, 4) is 22.6 Å². The summed E-state index contributed by atoms with van der Waals surface area (Å²) in [6.45, 7) is 0. The van der Waals surface area contributed by atoms with E-state index >= 15 is 0 Å². The molecule has 5 nitrogen and oxygen atoms in total. The predicted molar refractivity (Wildman–Crippen MR) is 71.9 cm³/mol. The maximum Gasteiger partial charge on any atom is 0.573 e. The van der Waals surface area contributed by atoms with Gasteiger partial charge < -0.3 is 9.47 Å². The van der Waals surface area contributed by atoms with E-state index in [0.29, 0.717) is 6.07 Å². The van der Waals surface area contributed by atoms with Crippen molar-refractivity contribution in [1.29, 1.82) is 0 Å². The number of rotatable bonds is 4. The number of ether oxygens (including phenoxy) is 2. The third kappa shape index (κ3) is 5.26. The summed E-state index contributed by atoms with van der Waals surface area (Å²) >= 11 is 0. The highest BCUT2D eigenvalue weighted by Gasteiger charge is 2.33. The van der Waals surface area contributed by atoms with Crippen LogP contribution in [0.5, 0.6) is 11.5 Å². The topological polar surface area (TPSA) is 61.6 Å². The number of nitro groups is 1. The average molecular weight is 367 g/mol. The van der Waals surface area contributed by atoms with Crippen molar-refractivity contribution in [3.63, 3.8) is 0 Å². The van der Waals surface area contributed by atoms with Crippen molar-refractivity contribution in [2.24, 2.45) is 0 Å². The largest absolute Gasteiger partial charge is 0.573 e. The van der Waals surface area contributed by atoms with Gasteiger partial charge in [-0.05, 0) is 29.8 Å². The van der Waals surface area contributed by atoms with Gasteiger partial charge in [-0.15, -0.1) is 26.3 Å². The summed E-state index contributed by atoms with van der Waals surface area (Å²) in [5.74, 6) is -1.43. The summed E-state index contributed by atoms with van der Waals surface area (Å²) in [5, 5.41) is 11.0. The Morgan fingerprint density at radius 3 is 1.92 bits per heavy atom. The number of halogens is 6. The Labute approximate surface area is 135 Å². The fourth-order valence-electron chi connectivity index (χ4n) is 1.96. The quantitative estimate of drug-likeness (QED) is 0.431. The molecule has 0 aliphatic carbocycles. The van der Waals surface area contributed by atoms with Crippen LogP contribution in [0.4, 0.5) is 32.0 Å². The summed E-state index contributed by atoms with van der Waals surface area (Å²) in [5.41, 5.74) is -1.13. The molecule has 25 heavy (non-hydrogen) atoms. The van der Waals surface area contributed by atoms with E-state index in [-0.39, 0.29) is 11.1 Å². The molecular weight excluding hydrogens is 360 g/mol. The van der Waals surface area contributed by atoms with E-state index in [1.54, 1.807) is 0 Å². The van der Waals surface area contributed by atoms with Gasteiger partial charge >= 0.3 is 12.7 Å². The molecule has 0 spiro atoms. The molecule has 0 aliphatic rings. The minimum atomic E-state index is -5.03. The lowest BCUT2D eigenvalue weighted by Gasteiger charge is -2.12. The van der Waals surface area contributed by atoms with Gasteiger partial charge in [-0.2, -0.15) is 0 Å². The molecule has 0 fully saturated rings. The maximum atomic E-state index is 12.3. The van der Waals surface area contributed by atoms with Crippen LogP contribution in [0, 0.1) is 10.1 Å². The van der Waals surface area contributed by atoms with Crippen LogP contribution in [0.15, 0.2) is 42.5 Å². The number of hydrogen-bond donors (Lipinski definition) is 0. The molecule has 11 heteroatoms. The Bertz CT molecular complexity index is 788. The van der Waals surface area contributed by atoms with Gasteiger partial charge in [-0.1, -0.05) is 12.1 Å². The number of nitrogens with zero attached hydrogens (tertiary/aromatic N) is 1. The van der Waals surface area contributed by atoms with Crippen LogP contribution >= 0.6 is 0 Å². The van der Waals surface area contributed by atoms with E-state index in [4.69, 9.17) is 0 Å². The first-order valence-corrected chi connectivity index (χ1v) is 6.35. The van der Waals surface area contributed by atoms with Crippen LogP contribution in [-0.2, 0) is 0 Å². The molecule has 0 heterocycles. The summed E-state index contributed by atoms with van der Waals surface area (Å²) in [4.78, 5) is 10.2. The smallest absolute Gasteiger partial charge is 0.406 e. The molecule has 0 atom stereocenters. The van der Waals surface area contributed by atoms with E-state index in [0.717, 1.165) is 30.3 Å². The molecule has 0 aromatic heterocycles. The fraction of sp³-hybridized carbons (Fsp3) is 0.143. The van der Waals surface area contributed by atoms with Gasteiger partial charge in [0.1, 0.15) is 11.5 Å². The SMILES string of the molecule is O=[N+]([O-])c1ccc(OC(F)(F)F)cc1-c1cccc(OC(F)(F)F)c1. The van der Waals surface area contributed by atoms with Crippen LogP contribution in [0.3, 0.4) is 0 Å². The molecule has 0 saturated heterocycles. The fourth-order valence-corrected chi connectivity index (χ4v) is 1.96. The summed E-state index contributed by atoms with van der Waals surface area (Å²) in [7, 11) is 0. The molecule has 0 bridgehead atoms. The molecular formula is C14H7F6NO4. The molecule has 0 radical (unpaired) electrons. The lowest BCUT2D eigenvalue weighted by Crippen LogP contribution is -2.17. The van der Waals surface area contributed by atoms with E-state index in [9.17, 15) is 36.5 Å². The maximum absolute atomic E-state index is 12.3. The molecule has 2 aromatic carbocycles. The first kappa shape index (κ1) is 18.4. The van der Waals surface area contributed by atoms with Crippen LogP contribution in [0.2, 0.25) is 0 Å². The summed E-state index contributed by atoms with van der Waals surface area (Å²) < 4.78 is 81.0. The Kier molecular flexibility index (Phi) is 4.77. The molecule has 2 aromatic rings. The first-order chi connectivity index (χ1) is 11.4. The van der Waals surface area contributed by atoms with Gasteiger partial charge in [0.25, 0.3) is 5.69 Å². The van der Waals surface area contributed by atoms with Gasteiger partial charge in [0, 0.05) is 6.07 Å². The van der Waals surface area contributed by atoms with E-state index in [1.807, 2.05) is 0 Å². The highest BCUT2D eigenvalue weighted by atomic mass is 19.4. The van der Waals surface area contributed by atoms with Crippen molar-refractivity contribution < 1.29 is 40.7 Å².